The molecule has 12 nitrogen and oxygen atoms in total. The first-order valence-electron chi connectivity index (χ1n) is 27.6. The van der Waals surface area contributed by atoms with Crippen LogP contribution in [0.15, 0.2) is 48.6 Å². The molecule has 0 aromatic carbocycles. The fourth-order valence-electron chi connectivity index (χ4n) is 8.14. The maximum absolute atomic E-state index is 13.1. The maximum atomic E-state index is 13.1. The molecule has 1 heterocycles. The number of hydrogen-bond donors (Lipinski definition) is 3. The Hall–Kier alpha value is -3.32. The van der Waals surface area contributed by atoms with Gasteiger partial charge in [-0.3, -0.25) is 14.4 Å². The summed E-state index contributed by atoms with van der Waals surface area (Å²) in [7, 11) is 0. The maximum Gasteiger partial charge on any atom is 0.335 e. The number of esters is 3. The summed E-state index contributed by atoms with van der Waals surface area (Å²) in [6.45, 7) is 5.83. The zero-order valence-electron chi connectivity index (χ0n) is 43.6. The van der Waals surface area contributed by atoms with Crippen molar-refractivity contribution in [3.8, 4) is 0 Å². The predicted molar refractivity (Wildman–Crippen MR) is 276 cm³/mol. The van der Waals surface area contributed by atoms with Crippen LogP contribution in [0.2, 0.25) is 0 Å². The van der Waals surface area contributed by atoms with Crippen molar-refractivity contribution >= 4 is 23.9 Å². The van der Waals surface area contributed by atoms with Gasteiger partial charge in [0.25, 0.3) is 0 Å². The number of aliphatic carboxylic acids is 1. The Balaban J connectivity index is 2.72. The third-order valence-electron chi connectivity index (χ3n) is 12.4. The van der Waals surface area contributed by atoms with Crippen molar-refractivity contribution in [2.45, 2.75) is 276 Å². The Kier molecular flexibility index (Phi) is 42.3. The molecule has 0 spiro atoms. The number of rotatable bonds is 46. The van der Waals surface area contributed by atoms with Gasteiger partial charge in [0.2, 0.25) is 0 Å². The lowest BCUT2D eigenvalue weighted by Crippen LogP contribution is -2.61. The number of aliphatic hydroxyl groups excluding tert-OH is 2. The molecule has 0 aliphatic carbocycles. The van der Waals surface area contributed by atoms with Gasteiger partial charge in [-0.05, 0) is 77.0 Å². The van der Waals surface area contributed by atoms with Crippen LogP contribution in [0.1, 0.15) is 239 Å². The second-order valence-corrected chi connectivity index (χ2v) is 18.8. The van der Waals surface area contributed by atoms with Crippen LogP contribution in [0.5, 0.6) is 0 Å². The van der Waals surface area contributed by atoms with Crippen LogP contribution in [0.3, 0.4) is 0 Å². The lowest BCUT2D eigenvalue weighted by molar-refractivity contribution is -0.301. The molecule has 0 bridgehead atoms. The van der Waals surface area contributed by atoms with Gasteiger partial charge in [-0.25, -0.2) is 4.79 Å². The molecule has 1 saturated heterocycles. The minimum Gasteiger partial charge on any atom is -0.479 e. The summed E-state index contributed by atoms with van der Waals surface area (Å²) >= 11 is 0. The van der Waals surface area contributed by atoms with Crippen LogP contribution in [0, 0.1) is 0 Å². The Bertz CT molecular complexity index is 1390. The summed E-state index contributed by atoms with van der Waals surface area (Å²) in [5, 5.41) is 31.3. The van der Waals surface area contributed by atoms with E-state index in [2.05, 4.69) is 69.4 Å². The van der Waals surface area contributed by atoms with E-state index in [0.717, 1.165) is 96.3 Å². The molecule has 1 fully saturated rings. The van der Waals surface area contributed by atoms with Gasteiger partial charge in [-0.1, -0.05) is 191 Å². The van der Waals surface area contributed by atoms with E-state index in [1.165, 1.54) is 83.5 Å². The number of carboxylic acid groups (broad SMARTS) is 1. The van der Waals surface area contributed by atoms with Crippen molar-refractivity contribution < 1.29 is 58.2 Å². The monoisotopic (exact) mass is 975 g/mol. The van der Waals surface area contributed by atoms with Crippen molar-refractivity contribution in [3.05, 3.63) is 48.6 Å². The van der Waals surface area contributed by atoms with Gasteiger partial charge in [-0.15, -0.1) is 0 Å². The minimum absolute atomic E-state index is 0.0259. The van der Waals surface area contributed by atoms with Gasteiger partial charge in [0.1, 0.15) is 18.8 Å². The summed E-state index contributed by atoms with van der Waals surface area (Å²) in [5.74, 6) is -3.16. The van der Waals surface area contributed by atoms with Crippen molar-refractivity contribution in [2.75, 3.05) is 13.2 Å². The fraction of sp³-hybridized carbons (Fsp3) is 0.789. The summed E-state index contributed by atoms with van der Waals surface area (Å²) in [4.78, 5) is 50.9. The van der Waals surface area contributed by atoms with Gasteiger partial charge in [0.15, 0.2) is 24.6 Å². The van der Waals surface area contributed by atoms with E-state index in [0.29, 0.717) is 19.3 Å². The highest BCUT2D eigenvalue weighted by Crippen LogP contribution is 2.26. The van der Waals surface area contributed by atoms with Crippen molar-refractivity contribution in [1.29, 1.82) is 0 Å². The van der Waals surface area contributed by atoms with Crippen molar-refractivity contribution in [3.63, 3.8) is 0 Å². The number of carboxylic acids is 1. The molecular weight excluding hydrogens is 877 g/mol. The molecule has 12 heteroatoms. The van der Waals surface area contributed by atoms with Crippen LogP contribution in [0.25, 0.3) is 0 Å². The number of hydrogen-bond acceptors (Lipinski definition) is 11. The highest BCUT2D eigenvalue weighted by atomic mass is 16.7. The molecule has 0 aromatic rings. The zero-order chi connectivity index (χ0) is 50.4. The number of carbonyl (C=O) groups excluding carboxylic acids is 3. The zero-order valence-corrected chi connectivity index (χ0v) is 43.6. The van der Waals surface area contributed by atoms with E-state index in [1.54, 1.807) is 0 Å². The fourth-order valence-corrected chi connectivity index (χ4v) is 8.14. The highest BCUT2D eigenvalue weighted by Gasteiger charge is 2.50. The summed E-state index contributed by atoms with van der Waals surface area (Å²) in [6, 6.07) is 0. The smallest absolute Gasteiger partial charge is 0.335 e. The number of aliphatic hydroxyl groups is 2. The topological polar surface area (TPSA) is 175 Å². The molecular formula is C57H98O12. The van der Waals surface area contributed by atoms with Crippen molar-refractivity contribution in [2.24, 2.45) is 0 Å². The lowest BCUT2D eigenvalue weighted by Gasteiger charge is -2.40. The molecule has 6 unspecified atom stereocenters. The third kappa shape index (κ3) is 36.3. The van der Waals surface area contributed by atoms with Gasteiger partial charge in [0.05, 0.1) is 6.61 Å². The molecule has 398 valence electrons. The molecule has 1 rings (SSSR count). The first kappa shape index (κ1) is 63.7. The SMILES string of the molecule is CC/C=C\C/C=C\C/C=C\CCCCCC(=O)OC1C(OCC(COC(=O)CCCCCCC/C=C\CCCCCCCC)OC(=O)CCCCCCCCCCCCC)OC(C(=O)O)C(O)C1O. The molecule has 0 radical (unpaired) electrons. The second-order valence-electron chi connectivity index (χ2n) is 18.8. The first-order valence-corrected chi connectivity index (χ1v) is 27.6. The third-order valence-corrected chi connectivity index (χ3v) is 12.4. The normalized spacial score (nSPS) is 19.0. The Labute approximate surface area is 418 Å². The van der Waals surface area contributed by atoms with E-state index in [4.69, 9.17) is 23.7 Å². The average Bonchev–Trinajstić information content (AvgIpc) is 3.33. The van der Waals surface area contributed by atoms with Gasteiger partial charge in [0, 0.05) is 19.3 Å². The minimum atomic E-state index is -1.91. The average molecular weight is 975 g/mol. The van der Waals surface area contributed by atoms with Crippen LogP contribution >= 0.6 is 0 Å². The first-order chi connectivity index (χ1) is 33.6. The lowest BCUT2D eigenvalue weighted by atomic mass is 9.98. The van der Waals surface area contributed by atoms with E-state index >= 15 is 0 Å². The Morgan fingerprint density at radius 1 is 0.493 bits per heavy atom. The van der Waals surface area contributed by atoms with E-state index < -0.39 is 67.3 Å². The summed E-state index contributed by atoms with van der Waals surface area (Å²) in [5.41, 5.74) is 0. The van der Waals surface area contributed by atoms with E-state index in [-0.39, 0.29) is 25.9 Å². The highest BCUT2D eigenvalue weighted by molar-refractivity contribution is 5.74. The summed E-state index contributed by atoms with van der Waals surface area (Å²) < 4.78 is 28.3. The van der Waals surface area contributed by atoms with Crippen molar-refractivity contribution in [1.82, 2.24) is 0 Å². The quantitative estimate of drug-likeness (QED) is 0.0228. The molecule has 1 aliphatic heterocycles. The van der Waals surface area contributed by atoms with Crippen LogP contribution in [-0.4, -0.2) is 89.2 Å². The number of carbonyl (C=O) groups is 4. The Morgan fingerprint density at radius 3 is 1.42 bits per heavy atom. The second kappa shape index (κ2) is 45.8. The van der Waals surface area contributed by atoms with Crippen LogP contribution < -0.4 is 0 Å². The van der Waals surface area contributed by atoms with E-state index in [9.17, 15) is 34.5 Å². The van der Waals surface area contributed by atoms with Crippen LogP contribution in [-0.2, 0) is 42.9 Å². The molecule has 69 heavy (non-hydrogen) atoms. The van der Waals surface area contributed by atoms with Gasteiger partial charge in [-0.2, -0.15) is 0 Å². The molecule has 0 saturated carbocycles. The Morgan fingerprint density at radius 2 is 0.913 bits per heavy atom. The van der Waals surface area contributed by atoms with E-state index in [1.807, 2.05) is 0 Å². The largest absolute Gasteiger partial charge is 0.479 e. The van der Waals surface area contributed by atoms with Gasteiger partial charge >= 0.3 is 23.9 Å². The standard InChI is InChI=1S/C57H98O12/c1-4-7-10-13-16-19-22-24-25-27-29-31-34-37-40-43-49(58)65-46-48(67-50(59)44-41-38-35-32-28-21-18-15-12-9-6-3)47-66-57-55(53(62)52(61)54(69-57)56(63)64)68-51(60)45-42-39-36-33-30-26-23-20-17-14-11-8-5-2/h8,11,17,20,24-26,30,48,52-55,57,61-62H,4-7,9-10,12-16,18-19,21-23,27-29,31-47H2,1-3H3,(H,63,64)/b11-8-,20-17-,25-24-,30-26-. The molecule has 6 atom stereocenters. The predicted octanol–water partition coefficient (Wildman–Crippen LogP) is 13.4. The number of allylic oxidation sites excluding steroid dienone is 8. The van der Waals surface area contributed by atoms with Crippen LogP contribution in [0.4, 0.5) is 0 Å². The molecule has 0 aromatic heterocycles. The molecule has 0 amide bonds. The number of ether oxygens (including phenoxy) is 5. The molecule has 1 aliphatic rings. The van der Waals surface area contributed by atoms with Gasteiger partial charge < -0.3 is 39.0 Å². The number of unbranched alkanes of at least 4 members (excludes halogenated alkanes) is 24. The summed E-state index contributed by atoms with van der Waals surface area (Å²) in [6.07, 6.45) is 41.0. The molecule has 3 N–H and O–H groups in total.